The monoisotopic (exact) mass is 288 g/mol. The first-order chi connectivity index (χ1) is 9.81. The summed E-state index contributed by atoms with van der Waals surface area (Å²) in [6.07, 6.45) is 4.22. The van der Waals surface area contributed by atoms with Crippen LogP contribution in [0.3, 0.4) is 0 Å². The summed E-state index contributed by atoms with van der Waals surface area (Å²) in [7, 11) is 0. The molecule has 2 rings (SSSR count). The van der Waals surface area contributed by atoms with Crippen LogP contribution in [0.25, 0.3) is 0 Å². The van der Waals surface area contributed by atoms with Gasteiger partial charge in [0.1, 0.15) is 17.2 Å². The van der Waals surface area contributed by atoms with Crippen molar-refractivity contribution in [1.29, 1.82) is 5.26 Å². The van der Waals surface area contributed by atoms with Crippen LogP contribution in [0.1, 0.15) is 74.0 Å². The SMILES string of the molecule is CC(C)(C)OC(=O)c1cc(C2CCCC2)nc(O)c1C#N. The minimum Gasteiger partial charge on any atom is -0.492 e. The van der Waals surface area contributed by atoms with Crippen LogP contribution < -0.4 is 0 Å². The fourth-order valence-electron chi connectivity index (χ4n) is 2.59. The van der Waals surface area contributed by atoms with Crippen molar-refractivity contribution in [3.63, 3.8) is 0 Å². The summed E-state index contributed by atoms with van der Waals surface area (Å²) in [4.78, 5) is 16.3. The third-order valence-corrected chi connectivity index (χ3v) is 3.52. The van der Waals surface area contributed by atoms with Crippen LogP contribution in [-0.2, 0) is 4.74 Å². The van der Waals surface area contributed by atoms with Gasteiger partial charge in [0.25, 0.3) is 0 Å². The molecule has 0 aliphatic heterocycles. The fourth-order valence-corrected chi connectivity index (χ4v) is 2.59. The molecule has 1 heterocycles. The van der Waals surface area contributed by atoms with Gasteiger partial charge in [0.15, 0.2) is 0 Å². The highest BCUT2D eigenvalue weighted by atomic mass is 16.6. The van der Waals surface area contributed by atoms with E-state index in [0.29, 0.717) is 5.69 Å². The average molecular weight is 288 g/mol. The number of hydrogen-bond donors (Lipinski definition) is 1. The zero-order valence-electron chi connectivity index (χ0n) is 12.6. The average Bonchev–Trinajstić information content (AvgIpc) is 2.89. The maximum Gasteiger partial charge on any atom is 0.340 e. The lowest BCUT2D eigenvalue weighted by Crippen LogP contribution is -2.24. The molecule has 0 atom stereocenters. The van der Waals surface area contributed by atoms with E-state index in [1.807, 2.05) is 6.07 Å². The zero-order valence-corrected chi connectivity index (χ0v) is 12.6. The topological polar surface area (TPSA) is 83.2 Å². The van der Waals surface area contributed by atoms with E-state index in [1.165, 1.54) is 0 Å². The zero-order chi connectivity index (χ0) is 15.6. The summed E-state index contributed by atoms with van der Waals surface area (Å²) in [6.45, 7) is 5.28. The quantitative estimate of drug-likeness (QED) is 0.844. The molecule has 0 radical (unpaired) electrons. The maximum atomic E-state index is 12.2. The number of esters is 1. The van der Waals surface area contributed by atoms with Crippen molar-refractivity contribution >= 4 is 5.97 Å². The Labute approximate surface area is 124 Å². The van der Waals surface area contributed by atoms with Crippen molar-refractivity contribution < 1.29 is 14.6 Å². The number of carbonyl (C=O) groups excluding carboxylic acids is 1. The van der Waals surface area contributed by atoms with Gasteiger partial charge in [-0.1, -0.05) is 12.8 Å². The Morgan fingerprint density at radius 1 is 1.43 bits per heavy atom. The van der Waals surface area contributed by atoms with Gasteiger partial charge >= 0.3 is 5.97 Å². The Hall–Kier alpha value is -2.09. The lowest BCUT2D eigenvalue weighted by Gasteiger charge is -2.20. The van der Waals surface area contributed by atoms with Crippen molar-refractivity contribution in [2.24, 2.45) is 0 Å². The molecule has 1 aromatic heterocycles. The van der Waals surface area contributed by atoms with Gasteiger partial charge in [-0.2, -0.15) is 5.26 Å². The number of ether oxygens (including phenoxy) is 1. The standard InChI is InChI=1S/C16H20N2O3/c1-16(2,3)21-15(20)11-8-13(10-6-4-5-7-10)18-14(19)12(11)9-17/h8,10H,4-7H2,1-3H3,(H,18,19). The van der Waals surface area contributed by atoms with E-state index in [2.05, 4.69) is 4.98 Å². The van der Waals surface area contributed by atoms with Crippen molar-refractivity contribution in [2.75, 3.05) is 0 Å². The van der Waals surface area contributed by atoms with Gasteiger partial charge < -0.3 is 9.84 Å². The Balaban J connectivity index is 2.42. The third kappa shape index (κ3) is 3.52. The van der Waals surface area contributed by atoms with Crippen LogP contribution in [0.5, 0.6) is 5.88 Å². The molecule has 21 heavy (non-hydrogen) atoms. The first-order valence-electron chi connectivity index (χ1n) is 7.19. The van der Waals surface area contributed by atoms with Crippen molar-refractivity contribution in [1.82, 2.24) is 4.98 Å². The van der Waals surface area contributed by atoms with Crippen LogP contribution in [0, 0.1) is 11.3 Å². The largest absolute Gasteiger partial charge is 0.492 e. The Morgan fingerprint density at radius 2 is 2.05 bits per heavy atom. The minimum atomic E-state index is -0.657. The second-order valence-electron chi connectivity index (χ2n) is 6.39. The van der Waals surface area contributed by atoms with E-state index in [9.17, 15) is 9.90 Å². The molecule has 1 aliphatic rings. The first-order valence-corrected chi connectivity index (χ1v) is 7.19. The second-order valence-corrected chi connectivity index (χ2v) is 6.39. The van der Waals surface area contributed by atoms with Gasteiger partial charge in [-0.05, 0) is 39.7 Å². The number of carbonyl (C=O) groups is 1. The molecule has 0 aromatic carbocycles. The summed E-state index contributed by atoms with van der Waals surface area (Å²) >= 11 is 0. The Kier molecular flexibility index (Phi) is 4.17. The molecule has 5 heteroatoms. The van der Waals surface area contributed by atoms with Crippen LogP contribution in [0.15, 0.2) is 6.07 Å². The molecule has 0 spiro atoms. The molecule has 0 amide bonds. The van der Waals surface area contributed by atoms with Gasteiger partial charge in [-0.25, -0.2) is 9.78 Å². The molecule has 112 valence electrons. The number of rotatable bonds is 2. The second kappa shape index (κ2) is 5.72. The number of nitrogens with zero attached hydrogens (tertiary/aromatic N) is 2. The summed E-state index contributed by atoms with van der Waals surface area (Å²) < 4.78 is 5.31. The fraction of sp³-hybridized carbons (Fsp3) is 0.562. The minimum absolute atomic E-state index is 0.0989. The Bertz CT molecular complexity index is 591. The number of hydrogen-bond acceptors (Lipinski definition) is 5. The van der Waals surface area contributed by atoms with Gasteiger partial charge in [-0.3, -0.25) is 0 Å². The highest BCUT2D eigenvalue weighted by Crippen LogP contribution is 2.35. The lowest BCUT2D eigenvalue weighted by molar-refractivity contribution is 0.00683. The van der Waals surface area contributed by atoms with Gasteiger partial charge in [-0.15, -0.1) is 0 Å². The summed E-state index contributed by atoms with van der Waals surface area (Å²) in [5.74, 6) is -0.747. The normalized spacial score (nSPS) is 15.7. The molecule has 1 aromatic rings. The van der Waals surface area contributed by atoms with Gasteiger partial charge in [0.05, 0.1) is 5.56 Å². The third-order valence-electron chi connectivity index (χ3n) is 3.52. The molecular weight excluding hydrogens is 268 g/mol. The van der Waals surface area contributed by atoms with E-state index in [1.54, 1.807) is 26.8 Å². The molecule has 1 saturated carbocycles. The lowest BCUT2D eigenvalue weighted by atomic mass is 9.99. The number of aromatic hydroxyl groups is 1. The van der Waals surface area contributed by atoms with E-state index in [4.69, 9.17) is 10.00 Å². The number of aromatic nitrogens is 1. The van der Waals surface area contributed by atoms with Crippen LogP contribution in [0.2, 0.25) is 0 Å². The van der Waals surface area contributed by atoms with Crippen molar-refractivity contribution in [3.8, 4) is 11.9 Å². The summed E-state index contributed by atoms with van der Waals surface area (Å²) in [5, 5.41) is 19.1. The molecule has 0 saturated heterocycles. The number of nitriles is 1. The summed E-state index contributed by atoms with van der Waals surface area (Å²) in [5.41, 5.74) is -0.00590. The highest BCUT2D eigenvalue weighted by molar-refractivity contribution is 5.93. The molecule has 1 fully saturated rings. The number of pyridine rings is 1. The van der Waals surface area contributed by atoms with Crippen molar-refractivity contribution in [2.45, 2.75) is 58.0 Å². The summed E-state index contributed by atoms with van der Waals surface area (Å²) in [6, 6.07) is 3.43. The van der Waals surface area contributed by atoms with E-state index in [0.717, 1.165) is 25.7 Å². The smallest absolute Gasteiger partial charge is 0.340 e. The molecule has 0 bridgehead atoms. The molecule has 5 nitrogen and oxygen atoms in total. The van der Waals surface area contributed by atoms with Gasteiger partial charge in [0.2, 0.25) is 5.88 Å². The van der Waals surface area contributed by atoms with E-state index in [-0.39, 0.29) is 22.9 Å². The van der Waals surface area contributed by atoms with Crippen LogP contribution in [0.4, 0.5) is 0 Å². The molecule has 0 unspecified atom stereocenters. The van der Waals surface area contributed by atoms with Crippen LogP contribution in [-0.4, -0.2) is 21.7 Å². The highest BCUT2D eigenvalue weighted by Gasteiger charge is 2.26. The van der Waals surface area contributed by atoms with Crippen LogP contribution >= 0.6 is 0 Å². The predicted octanol–water partition coefficient (Wildman–Crippen LogP) is 3.27. The molecule has 1 N–H and O–H groups in total. The predicted molar refractivity (Wildman–Crippen MR) is 77.0 cm³/mol. The molecule has 1 aliphatic carbocycles. The van der Waals surface area contributed by atoms with E-state index < -0.39 is 11.6 Å². The van der Waals surface area contributed by atoms with Crippen molar-refractivity contribution in [3.05, 3.63) is 22.9 Å². The molecular formula is C16H20N2O3. The van der Waals surface area contributed by atoms with Gasteiger partial charge in [0, 0.05) is 11.6 Å². The first kappa shape index (κ1) is 15.3. The Morgan fingerprint density at radius 3 is 2.57 bits per heavy atom. The maximum absolute atomic E-state index is 12.2. The van der Waals surface area contributed by atoms with E-state index >= 15 is 0 Å².